The Balaban J connectivity index is 1.61. The van der Waals surface area contributed by atoms with Gasteiger partial charge in [0.1, 0.15) is 5.58 Å². The molecule has 1 aromatic carbocycles. The molecule has 1 fully saturated rings. The van der Waals surface area contributed by atoms with E-state index >= 15 is 0 Å². The van der Waals surface area contributed by atoms with Crippen LogP contribution in [0.3, 0.4) is 0 Å². The Kier molecular flexibility index (Phi) is 5.06. The Hall–Kier alpha value is -2.68. The molecule has 4 aromatic rings. The zero-order valence-corrected chi connectivity index (χ0v) is 18.2. The molecule has 5 rings (SSSR count). The third kappa shape index (κ3) is 3.40. The number of para-hydroxylation sites is 1. The smallest absolute Gasteiger partial charge is 0.227 e. The van der Waals surface area contributed by atoms with Crippen LogP contribution < -0.4 is 0 Å². The summed E-state index contributed by atoms with van der Waals surface area (Å²) in [5.41, 5.74) is 6.17. The molecule has 154 valence electrons. The van der Waals surface area contributed by atoms with Crippen LogP contribution in [0.2, 0.25) is 0 Å². The Morgan fingerprint density at radius 3 is 2.57 bits per heavy atom. The van der Waals surface area contributed by atoms with Crippen molar-refractivity contribution in [3.8, 4) is 11.3 Å². The number of hydrogen-bond acceptors (Lipinski definition) is 3. The second-order valence-corrected chi connectivity index (χ2v) is 9.22. The lowest BCUT2D eigenvalue weighted by Gasteiger charge is -2.20. The number of rotatable bonds is 4. The fraction of sp³-hybridized carbons (Fsp3) is 0.407. The number of benzene rings is 1. The van der Waals surface area contributed by atoms with Gasteiger partial charge in [-0.25, -0.2) is 4.98 Å². The van der Waals surface area contributed by atoms with E-state index in [9.17, 15) is 0 Å². The highest BCUT2D eigenvalue weighted by Crippen LogP contribution is 2.38. The summed E-state index contributed by atoms with van der Waals surface area (Å²) in [4.78, 5) is 9.64. The standard InChI is InChI=1S/C27H30N2O/c1-17(2)18(3)20-14-15-28-25(16-20)23-11-7-10-21-22-12-13-24(19-8-5-4-6-9-19)29-27(22)30-26(21)23/h7,10-19H,4-6,8-9H2,1-3H3. The van der Waals surface area contributed by atoms with E-state index in [-0.39, 0.29) is 0 Å². The number of fused-ring (bicyclic) bond motifs is 3. The molecule has 0 radical (unpaired) electrons. The zero-order valence-electron chi connectivity index (χ0n) is 18.2. The van der Waals surface area contributed by atoms with Crippen molar-refractivity contribution >= 4 is 22.1 Å². The summed E-state index contributed by atoms with van der Waals surface area (Å²) in [6, 6.07) is 15.1. The molecular weight excluding hydrogens is 368 g/mol. The lowest BCUT2D eigenvalue weighted by atomic mass is 9.86. The second-order valence-electron chi connectivity index (χ2n) is 9.22. The molecule has 1 atom stereocenters. The van der Waals surface area contributed by atoms with Crippen molar-refractivity contribution in [1.82, 2.24) is 9.97 Å². The zero-order chi connectivity index (χ0) is 20.7. The first-order chi connectivity index (χ1) is 14.6. The van der Waals surface area contributed by atoms with E-state index in [1.165, 1.54) is 43.4 Å². The van der Waals surface area contributed by atoms with Crippen LogP contribution in [0, 0.1) is 5.92 Å². The van der Waals surface area contributed by atoms with Crippen molar-refractivity contribution in [2.24, 2.45) is 5.92 Å². The van der Waals surface area contributed by atoms with Crippen molar-refractivity contribution in [3.63, 3.8) is 0 Å². The first-order valence-corrected chi connectivity index (χ1v) is 11.4. The summed E-state index contributed by atoms with van der Waals surface area (Å²) in [5.74, 6) is 1.65. The van der Waals surface area contributed by atoms with Crippen LogP contribution in [0.15, 0.2) is 53.1 Å². The molecule has 0 saturated heterocycles. The van der Waals surface area contributed by atoms with Crippen molar-refractivity contribution in [2.75, 3.05) is 0 Å². The van der Waals surface area contributed by atoms with Crippen LogP contribution in [0.25, 0.3) is 33.3 Å². The summed E-state index contributed by atoms with van der Waals surface area (Å²) < 4.78 is 6.37. The fourth-order valence-corrected chi connectivity index (χ4v) is 4.78. The van der Waals surface area contributed by atoms with Gasteiger partial charge in [-0.3, -0.25) is 4.98 Å². The average molecular weight is 399 g/mol. The van der Waals surface area contributed by atoms with Gasteiger partial charge in [-0.15, -0.1) is 0 Å². The van der Waals surface area contributed by atoms with Gasteiger partial charge in [0.25, 0.3) is 0 Å². The van der Waals surface area contributed by atoms with E-state index in [0.29, 0.717) is 17.8 Å². The van der Waals surface area contributed by atoms with Gasteiger partial charge in [0.15, 0.2) is 0 Å². The van der Waals surface area contributed by atoms with Gasteiger partial charge in [0.05, 0.1) is 5.69 Å². The van der Waals surface area contributed by atoms with Gasteiger partial charge < -0.3 is 4.42 Å². The van der Waals surface area contributed by atoms with Gasteiger partial charge in [0.2, 0.25) is 5.71 Å². The topological polar surface area (TPSA) is 38.9 Å². The van der Waals surface area contributed by atoms with Gasteiger partial charge in [-0.05, 0) is 60.6 Å². The van der Waals surface area contributed by atoms with Gasteiger partial charge >= 0.3 is 0 Å². The number of pyridine rings is 2. The summed E-state index contributed by atoms with van der Waals surface area (Å²) in [6.07, 6.45) is 8.39. The monoisotopic (exact) mass is 398 g/mol. The van der Waals surface area contributed by atoms with Crippen LogP contribution >= 0.6 is 0 Å². The maximum absolute atomic E-state index is 6.37. The fourth-order valence-electron chi connectivity index (χ4n) is 4.78. The first kappa shape index (κ1) is 19.3. The molecule has 1 aliphatic carbocycles. The number of aromatic nitrogens is 2. The van der Waals surface area contributed by atoms with Crippen molar-refractivity contribution in [3.05, 3.63) is 59.9 Å². The molecule has 0 bridgehead atoms. The van der Waals surface area contributed by atoms with E-state index in [4.69, 9.17) is 9.40 Å². The largest absolute Gasteiger partial charge is 0.437 e. The summed E-state index contributed by atoms with van der Waals surface area (Å²) in [5, 5.41) is 2.22. The van der Waals surface area contributed by atoms with Crippen molar-refractivity contribution in [2.45, 2.75) is 64.7 Å². The summed E-state index contributed by atoms with van der Waals surface area (Å²) in [6.45, 7) is 6.81. The lowest BCUT2D eigenvalue weighted by Crippen LogP contribution is -2.06. The van der Waals surface area contributed by atoms with Crippen molar-refractivity contribution < 1.29 is 4.42 Å². The van der Waals surface area contributed by atoms with Crippen LogP contribution in [-0.4, -0.2) is 9.97 Å². The van der Waals surface area contributed by atoms with Gasteiger partial charge in [-0.1, -0.05) is 52.2 Å². The molecule has 0 amide bonds. The predicted octanol–water partition coefficient (Wildman–Crippen LogP) is 7.85. The van der Waals surface area contributed by atoms with Crippen LogP contribution in [0.5, 0.6) is 0 Å². The Morgan fingerprint density at radius 2 is 1.77 bits per heavy atom. The quantitative estimate of drug-likeness (QED) is 0.351. The highest BCUT2D eigenvalue weighted by molar-refractivity contribution is 6.08. The molecule has 30 heavy (non-hydrogen) atoms. The highest BCUT2D eigenvalue weighted by Gasteiger charge is 2.20. The predicted molar refractivity (Wildman–Crippen MR) is 124 cm³/mol. The minimum Gasteiger partial charge on any atom is -0.437 e. The van der Waals surface area contributed by atoms with Crippen LogP contribution in [0.4, 0.5) is 0 Å². The van der Waals surface area contributed by atoms with Crippen LogP contribution in [0.1, 0.15) is 76.0 Å². The second kappa shape index (κ2) is 7.86. The Morgan fingerprint density at radius 1 is 0.933 bits per heavy atom. The SMILES string of the molecule is CC(C)C(C)c1ccnc(-c2cccc3c2oc2nc(C4CCCCC4)ccc23)c1. The third-order valence-corrected chi connectivity index (χ3v) is 6.99. The van der Waals surface area contributed by atoms with E-state index in [0.717, 1.165) is 33.3 Å². The Bertz CT molecular complexity index is 1180. The van der Waals surface area contributed by atoms with Crippen molar-refractivity contribution in [1.29, 1.82) is 0 Å². The minimum absolute atomic E-state index is 0.487. The molecule has 1 saturated carbocycles. The van der Waals surface area contributed by atoms with Crippen LogP contribution in [-0.2, 0) is 0 Å². The molecule has 0 N–H and O–H groups in total. The molecule has 3 heterocycles. The molecule has 0 spiro atoms. The number of furan rings is 1. The number of nitrogens with zero attached hydrogens (tertiary/aromatic N) is 2. The first-order valence-electron chi connectivity index (χ1n) is 11.4. The summed E-state index contributed by atoms with van der Waals surface area (Å²) >= 11 is 0. The molecule has 3 heteroatoms. The van der Waals surface area contributed by atoms with E-state index in [1.807, 2.05) is 6.20 Å². The normalized spacial score (nSPS) is 16.5. The molecule has 1 aliphatic rings. The molecule has 1 unspecified atom stereocenters. The van der Waals surface area contributed by atoms with Gasteiger partial charge in [0, 0.05) is 34.1 Å². The molecule has 3 aromatic heterocycles. The molecule has 0 aliphatic heterocycles. The summed E-state index contributed by atoms with van der Waals surface area (Å²) in [7, 11) is 0. The minimum atomic E-state index is 0.487. The van der Waals surface area contributed by atoms with E-state index in [2.05, 4.69) is 68.2 Å². The van der Waals surface area contributed by atoms with E-state index in [1.54, 1.807) is 0 Å². The lowest BCUT2D eigenvalue weighted by molar-refractivity contribution is 0.436. The van der Waals surface area contributed by atoms with E-state index < -0.39 is 0 Å². The maximum atomic E-state index is 6.37. The third-order valence-electron chi connectivity index (χ3n) is 6.99. The van der Waals surface area contributed by atoms with Gasteiger partial charge in [-0.2, -0.15) is 0 Å². The number of hydrogen-bond donors (Lipinski definition) is 0. The highest BCUT2D eigenvalue weighted by atomic mass is 16.3. The Labute approximate surface area is 178 Å². The maximum Gasteiger partial charge on any atom is 0.227 e. The average Bonchev–Trinajstić information content (AvgIpc) is 3.17. The molecular formula is C27H30N2O. The molecule has 3 nitrogen and oxygen atoms in total.